The van der Waals surface area contributed by atoms with Crippen LogP contribution in [0.25, 0.3) is 22.2 Å². The molecule has 1 aliphatic rings. The molecule has 0 spiro atoms. The summed E-state index contributed by atoms with van der Waals surface area (Å²) in [6.45, 7) is 3.44. The summed E-state index contributed by atoms with van der Waals surface area (Å²) < 4.78 is 10.7. The van der Waals surface area contributed by atoms with Crippen LogP contribution >= 0.6 is 0 Å². The lowest BCUT2D eigenvalue weighted by atomic mass is 10.0. The first-order valence-electron chi connectivity index (χ1n) is 11.1. The minimum atomic E-state index is -0.590. The maximum Gasteiger partial charge on any atom is 0.339 e. The van der Waals surface area contributed by atoms with Crippen molar-refractivity contribution in [1.82, 2.24) is 15.6 Å². The molecule has 8 nitrogen and oxygen atoms in total. The molecule has 0 saturated heterocycles. The number of carbonyl (C=O) groups is 3. The van der Waals surface area contributed by atoms with Gasteiger partial charge in [0.1, 0.15) is 6.61 Å². The second-order valence-corrected chi connectivity index (χ2v) is 7.69. The summed E-state index contributed by atoms with van der Waals surface area (Å²) in [6, 6.07) is 17.5. The Hall–Kier alpha value is -4.20. The first-order valence-corrected chi connectivity index (χ1v) is 11.1. The van der Waals surface area contributed by atoms with Gasteiger partial charge in [-0.3, -0.25) is 0 Å². The van der Waals surface area contributed by atoms with E-state index < -0.39 is 24.0 Å². The van der Waals surface area contributed by atoms with Crippen LogP contribution in [0.15, 0.2) is 71.9 Å². The lowest BCUT2D eigenvalue weighted by Gasteiger charge is -2.28. The van der Waals surface area contributed by atoms with E-state index in [0.717, 1.165) is 5.56 Å². The van der Waals surface area contributed by atoms with Gasteiger partial charge in [-0.05, 0) is 25.5 Å². The van der Waals surface area contributed by atoms with Gasteiger partial charge in [0.2, 0.25) is 0 Å². The SMILES string of the molecule is CCOC(=O)C1=C(COC(=O)c2cc(-c3ccccc3)nc3ccccc23)NC(=O)NC1CC. The van der Waals surface area contributed by atoms with Crippen LogP contribution in [0, 0.1) is 0 Å². The van der Waals surface area contributed by atoms with E-state index in [9.17, 15) is 14.4 Å². The largest absolute Gasteiger partial charge is 0.463 e. The topological polar surface area (TPSA) is 107 Å². The number of aromatic nitrogens is 1. The number of benzene rings is 2. The van der Waals surface area contributed by atoms with Gasteiger partial charge >= 0.3 is 18.0 Å². The summed E-state index contributed by atoms with van der Waals surface area (Å²) in [5, 5.41) is 5.93. The van der Waals surface area contributed by atoms with E-state index in [1.54, 1.807) is 19.1 Å². The molecule has 2 heterocycles. The number of pyridine rings is 1. The summed E-state index contributed by atoms with van der Waals surface area (Å²) in [6.07, 6.45) is 0.481. The third kappa shape index (κ3) is 4.76. The molecule has 1 aliphatic heterocycles. The first-order chi connectivity index (χ1) is 16.5. The number of fused-ring (bicyclic) bond motifs is 1. The molecule has 2 aromatic carbocycles. The van der Waals surface area contributed by atoms with Crippen LogP contribution < -0.4 is 10.6 Å². The number of amides is 2. The lowest BCUT2D eigenvalue weighted by molar-refractivity contribution is -0.139. The smallest absolute Gasteiger partial charge is 0.339 e. The Labute approximate surface area is 197 Å². The number of hydrogen-bond donors (Lipinski definition) is 2. The molecule has 0 bridgehead atoms. The fourth-order valence-electron chi connectivity index (χ4n) is 3.89. The molecule has 0 saturated carbocycles. The van der Waals surface area contributed by atoms with Crippen LogP contribution in [0.5, 0.6) is 0 Å². The molecule has 1 aromatic heterocycles. The Morgan fingerprint density at radius 3 is 2.44 bits per heavy atom. The Balaban J connectivity index is 1.67. The molecule has 0 radical (unpaired) electrons. The van der Waals surface area contributed by atoms with Gasteiger partial charge in [0.25, 0.3) is 0 Å². The number of urea groups is 1. The van der Waals surface area contributed by atoms with Gasteiger partial charge in [-0.1, -0.05) is 55.5 Å². The number of para-hydroxylation sites is 1. The average molecular weight is 460 g/mol. The number of nitrogens with one attached hydrogen (secondary N) is 2. The maximum atomic E-state index is 13.2. The number of rotatable bonds is 7. The van der Waals surface area contributed by atoms with Crippen LogP contribution in [0.2, 0.25) is 0 Å². The van der Waals surface area contributed by atoms with Crippen molar-refractivity contribution >= 4 is 28.9 Å². The molecule has 2 N–H and O–H groups in total. The number of hydrogen-bond acceptors (Lipinski definition) is 6. The van der Waals surface area contributed by atoms with Gasteiger partial charge in [-0.15, -0.1) is 0 Å². The second-order valence-electron chi connectivity index (χ2n) is 7.69. The summed E-state index contributed by atoms with van der Waals surface area (Å²) >= 11 is 0. The molecule has 3 aromatic rings. The molecule has 0 aliphatic carbocycles. The van der Waals surface area contributed by atoms with Gasteiger partial charge in [0.05, 0.1) is 40.7 Å². The van der Waals surface area contributed by atoms with Crippen LogP contribution in [-0.4, -0.2) is 42.2 Å². The Morgan fingerprint density at radius 1 is 0.971 bits per heavy atom. The molecular formula is C26H25N3O5. The highest BCUT2D eigenvalue weighted by Gasteiger charge is 2.32. The van der Waals surface area contributed by atoms with E-state index in [4.69, 9.17) is 9.47 Å². The maximum absolute atomic E-state index is 13.2. The number of esters is 2. The zero-order chi connectivity index (χ0) is 24.1. The van der Waals surface area contributed by atoms with Gasteiger partial charge < -0.3 is 20.1 Å². The van der Waals surface area contributed by atoms with E-state index >= 15 is 0 Å². The van der Waals surface area contributed by atoms with E-state index in [0.29, 0.717) is 28.6 Å². The molecule has 174 valence electrons. The molecule has 0 fully saturated rings. The molecule has 2 amide bonds. The minimum absolute atomic E-state index is 0.186. The highest BCUT2D eigenvalue weighted by molar-refractivity contribution is 6.04. The molecule has 4 rings (SSSR count). The van der Waals surface area contributed by atoms with E-state index in [-0.39, 0.29) is 24.5 Å². The molecule has 1 atom stereocenters. The lowest BCUT2D eigenvalue weighted by Crippen LogP contribution is -2.51. The van der Waals surface area contributed by atoms with Gasteiger partial charge in [-0.2, -0.15) is 0 Å². The fourth-order valence-corrected chi connectivity index (χ4v) is 3.89. The summed E-state index contributed by atoms with van der Waals surface area (Å²) in [4.78, 5) is 42.5. The highest BCUT2D eigenvalue weighted by Crippen LogP contribution is 2.26. The van der Waals surface area contributed by atoms with Gasteiger partial charge in [0.15, 0.2) is 0 Å². The third-order valence-electron chi connectivity index (χ3n) is 5.50. The quantitative estimate of drug-likeness (QED) is 0.518. The second kappa shape index (κ2) is 10.2. The number of nitrogens with zero attached hydrogens (tertiary/aromatic N) is 1. The third-order valence-corrected chi connectivity index (χ3v) is 5.50. The van der Waals surface area contributed by atoms with Crippen molar-refractivity contribution < 1.29 is 23.9 Å². The highest BCUT2D eigenvalue weighted by atomic mass is 16.5. The monoisotopic (exact) mass is 459 g/mol. The Kier molecular flexibility index (Phi) is 6.87. The van der Waals surface area contributed by atoms with Gasteiger partial charge in [0, 0.05) is 10.9 Å². The fraction of sp³-hybridized carbons (Fsp3) is 0.231. The van der Waals surface area contributed by atoms with E-state index in [1.165, 1.54) is 0 Å². The van der Waals surface area contributed by atoms with E-state index in [2.05, 4.69) is 15.6 Å². The normalized spacial score (nSPS) is 15.5. The molecule has 34 heavy (non-hydrogen) atoms. The standard InChI is InChI=1S/C26H25N3O5/c1-3-19-23(25(31)33-4-2)22(29-26(32)28-19)15-34-24(30)18-14-21(16-10-6-5-7-11-16)27-20-13-9-8-12-17(18)20/h5-14,19H,3-4,15H2,1-2H3,(H2,28,29,32). The van der Waals surface area contributed by atoms with Crippen LogP contribution in [0.4, 0.5) is 4.79 Å². The van der Waals surface area contributed by atoms with Gasteiger partial charge in [-0.25, -0.2) is 19.4 Å². The predicted molar refractivity (Wildman–Crippen MR) is 127 cm³/mol. The summed E-state index contributed by atoms with van der Waals surface area (Å²) in [5.74, 6) is -1.15. The zero-order valence-corrected chi connectivity index (χ0v) is 19.0. The average Bonchev–Trinajstić information content (AvgIpc) is 2.86. The Morgan fingerprint density at radius 2 is 1.71 bits per heavy atom. The molecular weight excluding hydrogens is 434 g/mol. The van der Waals surface area contributed by atoms with Crippen molar-refractivity contribution in [3.63, 3.8) is 0 Å². The predicted octanol–water partition coefficient (Wildman–Crippen LogP) is 3.97. The van der Waals surface area contributed by atoms with Crippen molar-refractivity contribution in [3.8, 4) is 11.3 Å². The molecule has 8 heteroatoms. The number of carbonyl (C=O) groups excluding carboxylic acids is 3. The van der Waals surface area contributed by atoms with Crippen LogP contribution in [0.1, 0.15) is 30.6 Å². The summed E-state index contributed by atoms with van der Waals surface area (Å²) in [7, 11) is 0. The molecule has 1 unspecified atom stereocenters. The zero-order valence-electron chi connectivity index (χ0n) is 19.0. The Bertz CT molecular complexity index is 1270. The van der Waals surface area contributed by atoms with Crippen LogP contribution in [0.3, 0.4) is 0 Å². The van der Waals surface area contributed by atoms with E-state index in [1.807, 2.05) is 55.5 Å². The number of ether oxygens (including phenoxy) is 2. The minimum Gasteiger partial charge on any atom is -0.463 e. The van der Waals surface area contributed by atoms with Crippen molar-refractivity contribution in [2.24, 2.45) is 0 Å². The van der Waals surface area contributed by atoms with Crippen molar-refractivity contribution in [1.29, 1.82) is 0 Å². The van der Waals surface area contributed by atoms with Crippen molar-refractivity contribution in [3.05, 3.63) is 77.5 Å². The van der Waals surface area contributed by atoms with Crippen molar-refractivity contribution in [2.75, 3.05) is 13.2 Å². The van der Waals surface area contributed by atoms with Crippen LogP contribution in [-0.2, 0) is 14.3 Å². The first kappa shape index (κ1) is 23.0. The summed E-state index contributed by atoms with van der Waals surface area (Å²) in [5.41, 5.74) is 2.97. The van der Waals surface area contributed by atoms with Crippen molar-refractivity contribution in [2.45, 2.75) is 26.3 Å².